The van der Waals surface area contributed by atoms with Crippen LogP contribution in [0.3, 0.4) is 0 Å². The largest absolute Gasteiger partial charge is 0.389 e. The number of sulfone groups is 1. The molecule has 13 heteroatoms. The van der Waals surface area contributed by atoms with Gasteiger partial charge in [0, 0.05) is 30.0 Å². The third-order valence-electron chi connectivity index (χ3n) is 8.29. The van der Waals surface area contributed by atoms with Crippen molar-refractivity contribution < 1.29 is 41.0 Å². The molecule has 3 fully saturated rings. The van der Waals surface area contributed by atoms with Crippen LogP contribution in [-0.4, -0.2) is 55.4 Å². The number of amides is 2. The van der Waals surface area contributed by atoms with E-state index in [1.807, 2.05) is 0 Å². The summed E-state index contributed by atoms with van der Waals surface area (Å²) in [5.41, 5.74) is -1.81. The van der Waals surface area contributed by atoms with Crippen molar-refractivity contribution in [1.82, 2.24) is 5.32 Å². The first kappa shape index (κ1) is 28.8. The number of ether oxygens (including phenoxy) is 1. The van der Waals surface area contributed by atoms with E-state index >= 15 is 0 Å². The second-order valence-electron chi connectivity index (χ2n) is 10.8. The highest BCUT2D eigenvalue weighted by Gasteiger charge is 2.56. The average Bonchev–Trinajstić information content (AvgIpc) is 3.41. The zero-order chi connectivity index (χ0) is 28.8. The summed E-state index contributed by atoms with van der Waals surface area (Å²) in [6.45, 7) is 0.988. The number of carbonyl (C=O) groups is 2. The van der Waals surface area contributed by atoms with Crippen LogP contribution in [-0.2, 0) is 19.4 Å². The molecule has 2 saturated carbocycles. The molecule has 0 aromatic heterocycles. The first-order chi connectivity index (χ1) is 18.9. The number of carbonyl (C=O) groups excluding carboxylic acids is 2. The van der Waals surface area contributed by atoms with Crippen molar-refractivity contribution in [2.75, 3.05) is 18.5 Å². The van der Waals surface area contributed by atoms with Crippen molar-refractivity contribution >= 4 is 38.9 Å². The molecule has 0 radical (unpaired) electrons. The average molecular weight is 601 g/mol. The van der Waals surface area contributed by atoms with E-state index in [1.54, 1.807) is 0 Å². The Hall–Kier alpha value is -2.67. The molecule has 3 aliphatic rings. The van der Waals surface area contributed by atoms with Crippen LogP contribution in [0.5, 0.6) is 0 Å². The lowest BCUT2D eigenvalue weighted by Crippen LogP contribution is -2.51. The van der Waals surface area contributed by atoms with Crippen molar-refractivity contribution in [2.45, 2.75) is 60.3 Å². The van der Waals surface area contributed by atoms with Crippen LogP contribution in [0.4, 0.5) is 18.9 Å². The summed E-state index contributed by atoms with van der Waals surface area (Å²) in [6, 6.07) is 4.68. The first-order valence-corrected chi connectivity index (χ1v) is 14.9. The third-order valence-corrected chi connectivity index (χ3v) is 10.9. The lowest BCUT2D eigenvalue weighted by Gasteiger charge is -2.42. The molecule has 2 amide bonds. The van der Waals surface area contributed by atoms with Crippen molar-refractivity contribution in [2.24, 2.45) is 11.8 Å². The zero-order valence-electron chi connectivity index (χ0n) is 21.3. The molecule has 2 aliphatic carbocycles. The second kappa shape index (κ2) is 11.0. The highest BCUT2D eigenvalue weighted by molar-refractivity contribution is 7.92. The van der Waals surface area contributed by atoms with E-state index in [9.17, 15) is 36.3 Å². The van der Waals surface area contributed by atoms with Gasteiger partial charge in [-0.2, -0.15) is 0 Å². The minimum Gasteiger partial charge on any atom is -0.389 e. The number of nitrogens with one attached hydrogen (secondary N) is 2. The Morgan fingerprint density at radius 1 is 1.05 bits per heavy atom. The summed E-state index contributed by atoms with van der Waals surface area (Å²) in [7, 11) is -4.07. The fraction of sp³-hybridized carbons (Fsp3) is 0.481. The standard InChI is InChI=1S/C27H28ClF3N2O6S/c28-20-4-1-14(26(35)33-18-10-21(29)25(31)22(30)11-18)7-23(20)40(37,38)19-8-15-2-3-16(9-19)27(15,36)12-24(34)32-17-5-6-39-13-17/h1,4,7,10-11,15-17,19,36H,2-3,5-6,8-9,12-13H2,(H,32,34)(H,33,35)/t15-,16?,17-,19-,27-/m0/s1. The van der Waals surface area contributed by atoms with E-state index in [0.717, 1.165) is 6.07 Å². The Bertz CT molecular complexity index is 1410. The van der Waals surface area contributed by atoms with E-state index < -0.39 is 55.9 Å². The summed E-state index contributed by atoms with van der Waals surface area (Å²) >= 11 is 6.25. The molecular weight excluding hydrogens is 573 g/mol. The second-order valence-corrected chi connectivity index (χ2v) is 13.4. The van der Waals surface area contributed by atoms with Crippen LogP contribution >= 0.6 is 11.6 Å². The van der Waals surface area contributed by atoms with Gasteiger partial charge in [-0.25, -0.2) is 21.6 Å². The van der Waals surface area contributed by atoms with Crippen LogP contribution in [0.2, 0.25) is 5.02 Å². The number of hydrogen-bond donors (Lipinski definition) is 3. The number of aliphatic hydroxyl groups is 1. The quantitative estimate of drug-likeness (QED) is 0.413. The van der Waals surface area contributed by atoms with E-state index in [1.165, 1.54) is 12.1 Å². The molecule has 1 unspecified atom stereocenters. The molecule has 2 aromatic rings. The maximum Gasteiger partial charge on any atom is 0.255 e. The van der Waals surface area contributed by atoms with E-state index in [2.05, 4.69) is 10.6 Å². The molecule has 0 spiro atoms. The van der Waals surface area contributed by atoms with Crippen molar-refractivity contribution in [3.8, 4) is 0 Å². The van der Waals surface area contributed by atoms with Crippen LogP contribution in [0, 0.1) is 29.3 Å². The Kier molecular flexibility index (Phi) is 7.90. The molecule has 5 atom stereocenters. The fourth-order valence-corrected chi connectivity index (χ4v) is 8.61. The van der Waals surface area contributed by atoms with Crippen LogP contribution < -0.4 is 10.6 Å². The molecule has 3 N–H and O–H groups in total. The molecule has 5 rings (SSSR count). The van der Waals surface area contributed by atoms with Gasteiger partial charge in [0.05, 0.1) is 39.8 Å². The SMILES string of the molecule is O=C(C[C@@]1(O)C2CC[C@H]1C[C@H](S(=O)(=O)c1cc(C(=O)Nc3cc(F)c(F)c(F)c3)ccc1Cl)C2)N[C@H]1CCOC1. The molecule has 1 heterocycles. The number of fused-ring (bicyclic) bond motifs is 2. The van der Waals surface area contributed by atoms with Crippen LogP contribution in [0.25, 0.3) is 0 Å². The molecule has 40 heavy (non-hydrogen) atoms. The maximum absolute atomic E-state index is 13.7. The highest BCUT2D eigenvalue weighted by atomic mass is 35.5. The molecule has 1 aliphatic heterocycles. The number of anilines is 1. The van der Waals surface area contributed by atoms with Crippen molar-refractivity contribution in [3.63, 3.8) is 0 Å². The highest BCUT2D eigenvalue weighted by Crippen LogP contribution is 2.53. The molecule has 2 aromatic carbocycles. The fourth-order valence-electron chi connectivity index (χ4n) is 6.21. The molecule has 1 saturated heterocycles. The van der Waals surface area contributed by atoms with Crippen LogP contribution in [0.1, 0.15) is 48.9 Å². The minimum absolute atomic E-state index is 0.0989. The topological polar surface area (TPSA) is 122 Å². The number of rotatable bonds is 7. The Morgan fingerprint density at radius 2 is 1.70 bits per heavy atom. The smallest absolute Gasteiger partial charge is 0.255 e. The van der Waals surface area contributed by atoms with E-state index in [-0.39, 0.29) is 52.4 Å². The Morgan fingerprint density at radius 3 is 2.30 bits per heavy atom. The summed E-state index contributed by atoms with van der Waals surface area (Å²) in [6.07, 6.45) is 1.98. The molecule has 8 nitrogen and oxygen atoms in total. The van der Waals surface area contributed by atoms with Gasteiger partial charge in [0.2, 0.25) is 5.91 Å². The van der Waals surface area contributed by atoms with Gasteiger partial charge >= 0.3 is 0 Å². The monoisotopic (exact) mass is 600 g/mol. The predicted octanol–water partition coefficient (Wildman–Crippen LogP) is 4.00. The summed E-state index contributed by atoms with van der Waals surface area (Å²) in [5, 5.41) is 15.6. The van der Waals surface area contributed by atoms with Gasteiger partial charge in [-0.15, -0.1) is 0 Å². The zero-order valence-corrected chi connectivity index (χ0v) is 22.8. The lowest BCUT2D eigenvalue weighted by atomic mass is 9.72. The van der Waals surface area contributed by atoms with Gasteiger partial charge in [0.25, 0.3) is 5.91 Å². The predicted molar refractivity (Wildman–Crippen MR) is 139 cm³/mol. The van der Waals surface area contributed by atoms with Gasteiger partial charge in [-0.1, -0.05) is 11.6 Å². The van der Waals surface area contributed by atoms with Gasteiger partial charge in [-0.05, 0) is 62.1 Å². The van der Waals surface area contributed by atoms with Gasteiger partial charge in [-0.3, -0.25) is 9.59 Å². The lowest BCUT2D eigenvalue weighted by molar-refractivity contribution is -0.133. The summed E-state index contributed by atoms with van der Waals surface area (Å²) in [4.78, 5) is 25.1. The van der Waals surface area contributed by atoms with Gasteiger partial charge in [0.1, 0.15) is 0 Å². The van der Waals surface area contributed by atoms with E-state index in [0.29, 0.717) is 44.6 Å². The van der Waals surface area contributed by atoms with Crippen molar-refractivity contribution in [1.29, 1.82) is 0 Å². The van der Waals surface area contributed by atoms with Gasteiger partial charge < -0.3 is 20.5 Å². The maximum atomic E-state index is 13.7. The first-order valence-electron chi connectivity index (χ1n) is 13.0. The van der Waals surface area contributed by atoms with Crippen molar-refractivity contribution in [3.05, 3.63) is 58.4 Å². The summed E-state index contributed by atoms with van der Waals surface area (Å²) in [5.74, 6) is -6.67. The van der Waals surface area contributed by atoms with Crippen LogP contribution in [0.15, 0.2) is 35.2 Å². The number of benzene rings is 2. The third kappa shape index (κ3) is 5.46. The van der Waals surface area contributed by atoms with E-state index in [4.69, 9.17) is 16.3 Å². The normalized spacial score (nSPS) is 27.9. The Labute approximate surface area is 234 Å². The minimum atomic E-state index is -4.07. The number of hydrogen-bond acceptors (Lipinski definition) is 6. The molecule has 2 bridgehead atoms. The summed E-state index contributed by atoms with van der Waals surface area (Å²) < 4.78 is 73.1. The molecule has 216 valence electrons. The molecular formula is C27H28ClF3N2O6S. The Balaban J connectivity index is 1.32. The number of halogens is 4. The van der Waals surface area contributed by atoms with Gasteiger partial charge in [0.15, 0.2) is 27.3 Å².